The molecule has 0 N–H and O–H groups in total. The largest absolute Gasteiger partial charge is 0.479 e. The van der Waals surface area contributed by atoms with E-state index in [-0.39, 0.29) is 11.4 Å². The number of hydrogen-bond acceptors (Lipinski definition) is 6. The number of rotatable bonds is 5. The molecular formula is C26H25F4N7O. The van der Waals surface area contributed by atoms with Gasteiger partial charge in [-0.2, -0.15) is 23.3 Å². The zero-order chi connectivity index (χ0) is 26.8. The summed E-state index contributed by atoms with van der Waals surface area (Å²) in [5.41, 5.74) is 4.19. The number of halogens is 4. The van der Waals surface area contributed by atoms with Crippen molar-refractivity contribution in [3.63, 3.8) is 0 Å². The number of methoxy groups -OCH3 is 1. The number of anilines is 1. The van der Waals surface area contributed by atoms with E-state index in [0.29, 0.717) is 37.0 Å². The van der Waals surface area contributed by atoms with Crippen LogP contribution in [0.3, 0.4) is 0 Å². The number of benzene rings is 1. The lowest BCUT2D eigenvalue weighted by atomic mass is 10.0. The summed E-state index contributed by atoms with van der Waals surface area (Å²) in [5, 5.41) is 4.83. The molecule has 1 fully saturated rings. The molecule has 1 aliphatic heterocycles. The molecule has 0 atom stereocenters. The number of alkyl halides is 3. The highest BCUT2D eigenvalue weighted by molar-refractivity contribution is 5.63. The van der Waals surface area contributed by atoms with Crippen molar-refractivity contribution in [1.29, 1.82) is 0 Å². The fourth-order valence-corrected chi connectivity index (χ4v) is 5.12. The van der Waals surface area contributed by atoms with Gasteiger partial charge >= 0.3 is 6.18 Å². The van der Waals surface area contributed by atoms with Gasteiger partial charge in [0, 0.05) is 37.0 Å². The number of imidazole rings is 1. The number of fused-ring (bicyclic) bond motifs is 1. The highest BCUT2D eigenvalue weighted by Crippen LogP contribution is 2.44. The van der Waals surface area contributed by atoms with Crippen LogP contribution in [-0.4, -0.2) is 43.0 Å². The van der Waals surface area contributed by atoms with E-state index in [1.54, 1.807) is 13.2 Å². The monoisotopic (exact) mass is 527 g/mol. The second-order valence-corrected chi connectivity index (χ2v) is 9.71. The Bertz CT molecular complexity index is 1540. The van der Waals surface area contributed by atoms with Crippen LogP contribution in [0.4, 0.5) is 23.2 Å². The molecule has 4 heterocycles. The Kier molecular flexibility index (Phi) is 5.65. The average Bonchev–Trinajstić information content (AvgIpc) is 3.59. The van der Waals surface area contributed by atoms with Crippen LogP contribution in [0, 0.1) is 12.7 Å². The van der Waals surface area contributed by atoms with Gasteiger partial charge in [0.2, 0.25) is 5.88 Å². The van der Waals surface area contributed by atoms with Gasteiger partial charge in [0.25, 0.3) is 0 Å². The summed E-state index contributed by atoms with van der Waals surface area (Å²) >= 11 is 0. The number of aryl methyl sites for hydroxylation is 2. The van der Waals surface area contributed by atoms with Gasteiger partial charge in [0.1, 0.15) is 23.7 Å². The van der Waals surface area contributed by atoms with Crippen LogP contribution in [0.5, 0.6) is 5.88 Å². The maximum atomic E-state index is 15.3. The Balaban J connectivity index is 1.35. The SMILES string of the molecule is COc1ncnc(C2CC2)c1-n1nc(C)c2c1CN(c1ccc(-c3nc(C(F)(F)F)cn3C)c(F)c1)CC2. The third-order valence-corrected chi connectivity index (χ3v) is 7.17. The minimum absolute atomic E-state index is 0.00517. The zero-order valence-corrected chi connectivity index (χ0v) is 21.1. The smallest absolute Gasteiger partial charge is 0.434 e. The first-order valence-corrected chi connectivity index (χ1v) is 12.3. The molecule has 4 aromatic rings. The Hall–Kier alpha value is -3.96. The van der Waals surface area contributed by atoms with Crippen molar-refractivity contribution < 1.29 is 22.3 Å². The number of ether oxygens (including phenoxy) is 1. The molecule has 0 radical (unpaired) electrons. The normalized spacial score (nSPS) is 15.6. The van der Waals surface area contributed by atoms with Crippen molar-refractivity contribution >= 4 is 5.69 Å². The lowest BCUT2D eigenvalue weighted by molar-refractivity contribution is -0.140. The molecular weight excluding hydrogens is 502 g/mol. The van der Waals surface area contributed by atoms with Crippen LogP contribution in [0.15, 0.2) is 30.7 Å². The predicted octanol–water partition coefficient (Wildman–Crippen LogP) is 4.98. The van der Waals surface area contributed by atoms with Gasteiger partial charge in [-0.3, -0.25) is 0 Å². The van der Waals surface area contributed by atoms with Gasteiger partial charge in [-0.1, -0.05) is 0 Å². The quantitative estimate of drug-likeness (QED) is 0.341. The lowest BCUT2D eigenvalue weighted by Gasteiger charge is -2.30. The van der Waals surface area contributed by atoms with E-state index in [0.717, 1.165) is 47.4 Å². The molecule has 38 heavy (non-hydrogen) atoms. The highest BCUT2D eigenvalue weighted by atomic mass is 19.4. The zero-order valence-electron chi connectivity index (χ0n) is 21.1. The number of hydrogen-bond donors (Lipinski definition) is 0. The minimum Gasteiger partial charge on any atom is -0.479 e. The molecule has 0 saturated heterocycles. The fraction of sp³-hybridized carbons (Fsp3) is 0.385. The van der Waals surface area contributed by atoms with Crippen LogP contribution in [0.1, 0.15) is 47.1 Å². The molecule has 1 aliphatic carbocycles. The van der Waals surface area contributed by atoms with E-state index >= 15 is 4.39 Å². The average molecular weight is 528 g/mol. The third-order valence-electron chi connectivity index (χ3n) is 7.17. The first-order valence-electron chi connectivity index (χ1n) is 12.3. The molecule has 3 aromatic heterocycles. The summed E-state index contributed by atoms with van der Waals surface area (Å²) in [6, 6.07) is 4.53. The van der Waals surface area contributed by atoms with Gasteiger partial charge < -0.3 is 14.2 Å². The van der Waals surface area contributed by atoms with E-state index < -0.39 is 17.7 Å². The van der Waals surface area contributed by atoms with Crippen LogP contribution >= 0.6 is 0 Å². The van der Waals surface area contributed by atoms with Crippen LogP contribution in [-0.2, 0) is 26.2 Å². The van der Waals surface area contributed by atoms with E-state index in [9.17, 15) is 13.2 Å². The Labute approximate surface area is 215 Å². The molecule has 2 aliphatic rings. The van der Waals surface area contributed by atoms with Crippen molar-refractivity contribution in [3.8, 4) is 23.0 Å². The topological polar surface area (TPSA) is 73.9 Å². The summed E-state index contributed by atoms with van der Waals surface area (Å²) in [5.74, 6) is 0.0646. The van der Waals surface area contributed by atoms with Gasteiger partial charge in [-0.25, -0.2) is 19.0 Å². The third kappa shape index (κ3) is 4.07. The summed E-state index contributed by atoms with van der Waals surface area (Å²) < 4.78 is 63.2. The Morgan fingerprint density at radius 3 is 2.58 bits per heavy atom. The van der Waals surface area contributed by atoms with E-state index in [2.05, 4.69) is 15.0 Å². The molecule has 0 amide bonds. The molecule has 198 valence electrons. The van der Waals surface area contributed by atoms with Gasteiger partial charge in [-0.05, 0) is 44.4 Å². The molecule has 1 saturated carbocycles. The van der Waals surface area contributed by atoms with Crippen molar-refractivity contribution in [2.75, 3.05) is 18.6 Å². The second-order valence-electron chi connectivity index (χ2n) is 9.71. The van der Waals surface area contributed by atoms with E-state index in [1.807, 2.05) is 16.5 Å². The molecule has 0 bridgehead atoms. The number of nitrogens with zero attached hydrogens (tertiary/aromatic N) is 7. The van der Waals surface area contributed by atoms with Crippen LogP contribution in [0.25, 0.3) is 17.1 Å². The van der Waals surface area contributed by atoms with Crippen LogP contribution in [0.2, 0.25) is 0 Å². The number of aromatic nitrogens is 6. The molecule has 12 heteroatoms. The van der Waals surface area contributed by atoms with E-state index in [4.69, 9.17) is 9.84 Å². The summed E-state index contributed by atoms with van der Waals surface area (Å²) in [6.07, 6.45) is 0.560. The first-order chi connectivity index (χ1) is 18.2. The standard InChI is InChI=1S/C26H25F4N7O/c1-14-17-8-9-36(11-20(17)37(34-14)23-22(15-4-5-15)31-13-32-25(23)38-3)16-6-7-18(19(27)10-16)24-33-21(12-35(24)2)26(28,29)30/h6-7,10,12-13,15H,4-5,8-9,11H2,1-3H3. The van der Waals surface area contributed by atoms with Crippen molar-refractivity contribution in [2.24, 2.45) is 7.05 Å². The highest BCUT2D eigenvalue weighted by Gasteiger charge is 2.36. The van der Waals surface area contributed by atoms with E-state index in [1.165, 1.54) is 30.1 Å². The maximum absolute atomic E-state index is 15.3. The second kappa shape index (κ2) is 8.81. The lowest BCUT2D eigenvalue weighted by Crippen LogP contribution is -2.31. The van der Waals surface area contributed by atoms with Gasteiger partial charge in [0.15, 0.2) is 5.69 Å². The predicted molar refractivity (Wildman–Crippen MR) is 131 cm³/mol. The molecule has 1 aromatic carbocycles. The molecule has 8 nitrogen and oxygen atoms in total. The molecule has 0 unspecified atom stereocenters. The Morgan fingerprint density at radius 2 is 1.92 bits per heavy atom. The first kappa shape index (κ1) is 24.4. The van der Waals surface area contributed by atoms with Crippen LogP contribution < -0.4 is 9.64 Å². The molecule has 6 rings (SSSR count). The van der Waals surface area contributed by atoms with Gasteiger partial charge in [-0.15, -0.1) is 0 Å². The van der Waals surface area contributed by atoms with Crippen molar-refractivity contribution in [3.05, 3.63) is 64.9 Å². The maximum Gasteiger partial charge on any atom is 0.434 e. The molecule has 0 spiro atoms. The summed E-state index contributed by atoms with van der Waals surface area (Å²) in [7, 11) is 2.99. The minimum atomic E-state index is -4.61. The van der Waals surface area contributed by atoms with Crippen molar-refractivity contribution in [1.82, 2.24) is 29.3 Å². The fourth-order valence-electron chi connectivity index (χ4n) is 5.12. The summed E-state index contributed by atoms with van der Waals surface area (Å²) in [4.78, 5) is 14.5. The summed E-state index contributed by atoms with van der Waals surface area (Å²) in [6.45, 7) is 3.06. The Morgan fingerprint density at radius 1 is 1.13 bits per heavy atom. The van der Waals surface area contributed by atoms with Gasteiger partial charge in [0.05, 0.1) is 36.3 Å². The van der Waals surface area contributed by atoms with Crippen molar-refractivity contribution in [2.45, 2.75) is 44.8 Å².